The quantitative estimate of drug-likeness (QED) is 0.566. The highest BCUT2D eigenvalue weighted by molar-refractivity contribution is 7.18. The van der Waals surface area contributed by atoms with Crippen LogP contribution in [0.25, 0.3) is 20.7 Å². The molecule has 0 aliphatic carbocycles. The average Bonchev–Trinajstić information content (AvgIpc) is 3.55. The van der Waals surface area contributed by atoms with Crippen LogP contribution in [-0.4, -0.2) is 78.7 Å². The predicted molar refractivity (Wildman–Crippen MR) is 126 cm³/mol. The highest BCUT2D eigenvalue weighted by atomic mass is 32.1. The second-order valence-electron chi connectivity index (χ2n) is 8.10. The fourth-order valence-corrected chi connectivity index (χ4v) is 6.01. The summed E-state index contributed by atoms with van der Waals surface area (Å²) in [6.07, 6.45) is 2.20. The van der Waals surface area contributed by atoms with Crippen LogP contribution in [0.5, 0.6) is 0 Å². The number of carbonyl (C=O) groups is 1. The summed E-state index contributed by atoms with van der Waals surface area (Å²) in [5.74, 6) is 1.84. The molecular formula is C22H27N5O2S2. The maximum absolute atomic E-state index is 12.8. The molecule has 0 unspecified atom stereocenters. The van der Waals surface area contributed by atoms with Crippen molar-refractivity contribution in [3.8, 4) is 10.4 Å². The zero-order valence-corrected chi connectivity index (χ0v) is 19.4. The summed E-state index contributed by atoms with van der Waals surface area (Å²) in [6, 6.07) is 4.20. The number of likely N-dealkylation sites (tertiary alicyclic amines) is 1. The number of anilines is 1. The van der Waals surface area contributed by atoms with Crippen molar-refractivity contribution in [3.63, 3.8) is 0 Å². The molecule has 2 aliphatic rings. The fourth-order valence-electron chi connectivity index (χ4n) is 4.23. The summed E-state index contributed by atoms with van der Waals surface area (Å²) < 4.78 is 5.48. The van der Waals surface area contributed by atoms with Crippen molar-refractivity contribution in [1.82, 2.24) is 19.8 Å². The molecule has 0 aromatic carbocycles. The van der Waals surface area contributed by atoms with E-state index in [1.807, 2.05) is 16.8 Å². The van der Waals surface area contributed by atoms with E-state index >= 15 is 0 Å². The van der Waals surface area contributed by atoms with E-state index in [0.29, 0.717) is 13.1 Å². The molecule has 3 aromatic rings. The number of aromatic nitrogens is 2. The standard InChI is InChI=1S/C22H27N5O2S2/c1-25(14-19(28)27-6-2-3-7-27)21-20-16(17-5-4-12-30-17)15-31-22(20)24-18(23-21)13-26-8-10-29-11-9-26/h4-5,12,15H,2-3,6-11,13-14H2,1H3. The highest BCUT2D eigenvalue weighted by Gasteiger charge is 2.24. The summed E-state index contributed by atoms with van der Waals surface area (Å²) in [5.41, 5.74) is 1.16. The number of fused-ring (bicyclic) bond motifs is 1. The Balaban J connectivity index is 1.50. The van der Waals surface area contributed by atoms with E-state index in [-0.39, 0.29) is 5.91 Å². The smallest absolute Gasteiger partial charge is 0.242 e. The summed E-state index contributed by atoms with van der Waals surface area (Å²) >= 11 is 3.37. The van der Waals surface area contributed by atoms with Crippen LogP contribution in [0.1, 0.15) is 18.7 Å². The number of rotatable bonds is 6. The van der Waals surface area contributed by atoms with Crippen LogP contribution in [0.15, 0.2) is 22.9 Å². The lowest BCUT2D eigenvalue weighted by Gasteiger charge is -2.27. The van der Waals surface area contributed by atoms with Gasteiger partial charge in [0.25, 0.3) is 0 Å². The first kappa shape index (κ1) is 20.8. The largest absolute Gasteiger partial charge is 0.379 e. The Kier molecular flexibility index (Phi) is 6.17. The first-order valence-corrected chi connectivity index (χ1v) is 12.6. The van der Waals surface area contributed by atoms with Gasteiger partial charge in [-0.25, -0.2) is 9.97 Å². The molecule has 3 aromatic heterocycles. The van der Waals surface area contributed by atoms with Crippen LogP contribution < -0.4 is 4.90 Å². The molecule has 164 valence electrons. The number of amides is 1. The van der Waals surface area contributed by atoms with E-state index in [1.165, 1.54) is 4.88 Å². The van der Waals surface area contributed by atoms with E-state index in [1.54, 1.807) is 22.7 Å². The van der Waals surface area contributed by atoms with Crippen molar-refractivity contribution in [2.75, 3.05) is 57.9 Å². The molecule has 2 fully saturated rings. The molecule has 0 spiro atoms. The first-order chi connectivity index (χ1) is 15.2. The van der Waals surface area contributed by atoms with Crippen LogP contribution in [0.2, 0.25) is 0 Å². The number of nitrogens with zero attached hydrogens (tertiary/aromatic N) is 5. The van der Waals surface area contributed by atoms with E-state index in [2.05, 4.69) is 27.8 Å². The summed E-state index contributed by atoms with van der Waals surface area (Å²) in [4.78, 5) is 31.2. The Bertz CT molecular complexity index is 1040. The average molecular weight is 458 g/mol. The lowest BCUT2D eigenvalue weighted by atomic mass is 10.2. The molecular weight excluding hydrogens is 430 g/mol. The molecule has 0 bridgehead atoms. The Morgan fingerprint density at radius 3 is 2.71 bits per heavy atom. The number of hydrogen-bond donors (Lipinski definition) is 0. The molecule has 31 heavy (non-hydrogen) atoms. The zero-order chi connectivity index (χ0) is 21.2. The zero-order valence-electron chi connectivity index (χ0n) is 17.7. The fraction of sp³-hybridized carbons (Fsp3) is 0.500. The van der Waals surface area contributed by atoms with Gasteiger partial charge in [-0.15, -0.1) is 22.7 Å². The maximum atomic E-state index is 12.8. The number of hydrogen-bond acceptors (Lipinski definition) is 8. The second-order valence-corrected chi connectivity index (χ2v) is 9.91. The summed E-state index contributed by atoms with van der Waals surface area (Å²) in [5, 5.41) is 5.31. The Morgan fingerprint density at radius 1 is 1.16 bits per heavy atom. The molecule has 0 atom stereocenters. The van der Waals surface area contributed by atoms with Crippen LogP contribution in [-0.2, 0) is 16.1 Å². The van der Waals surface area contributed by atoms with Gasteiger partial charge in [-0.1, -0.05) is 6.07 Å². The third-order valence-electron chi connectivity index (χ3n) is 5.91. The minimum atomic E-state index is 0.175. The minimum absolute atomic E-state index is 0.175. The van der Waals surface area contributed by atoms with Crippen molar-refractivity contribution < 1.29 is 9.53 Å². The topological polar surface area (TPSA) is 61.8 Å². The second kappa shape index (κ2) is 9.20. The van der Waals surface area contributed by atoms with Crippen LogP contribution in [0, 0.1) is 0 Å². The number of morpholine rings is 1. The normalized spacial score (nSPS) is 17.5. The van der Waals surface area contributed by atoms with Gasteiger partial charge in [-0.2, -0.15) is 0 Å². The monoisotopic (exact) mass is 457 g/mol. The van der Waals surface area contributed by atoms with Gasteiger partial charge in [0, 0.05) is 49.0 Å². The van der Waals surface area contributed by atoms with Crippen molar-refractivity contribution >= 4 is 44.6 Å². The number of thiophene rings is 2. The van der Waals surface area contributed by atoms with Crippen molar-refractivity contribution in [1.29, 1.82) is 0 Å². The molecule has 0 saturated carbocycles. The molecule has 2 aliphatic heterocycles. The Hall–Kier alpha value is -2.07. The first-order valence-electron chi connectivity index (χ1n) is 10.8. The van der Waals surface area contributed by atoms with Crippen LogP contribution in [0.3, 0.4) is 0 Å². The predicted octanol–water partition coefficient (Wildman–Crippen LogP) is 3.31. The number of likely N-dealkylation sites (N-methyl/N-ethyl adjacent to an activating group) is 1. The van der Waals surface area contributed by atoms with E-state index < -0.39 is 0 Å². The van der Waals surface area contributed by atoms with Gasteiger partial charge in [0.1, 0.15) is 16.5 Å². The molecule has 9 heteroatoms. The lowest BCUT2D eigenvalue weighted by molar-refractivity contribution is -0.128. The third kappa shape index (κ3) is 4.45. The van der Waals surface area contributed by atoms with Gasteiger partial charge in [-0.05, 0) is 24.3 Å². The molecule has 0 N–H and O–H groups in total. The van der Waals surface area contributed by atoms with Crippen molar-refractivity contribution in [3.05, 3.63) is 28.7 Å². The van der Waals surface area contributed by atoms with Gasteiger partial charge in [0.2, 0.25) is 5.91 Å². The van der Waals surface area contributed by atoms with E-state index in [4.69, 9.17) is 14.7 Å². The maximum Gasteiger partial charge on any atom is 0.242 e. The van der Waals surface area contributed by atoms with Crippen molar-refractivity contribution in [2.45, 2.75) is 19.4 Å². The van der Waals surface area contributed by atoms with Gasteiger partial charge in [0.15, 0.2) is 0 Å². The third-order valence-corrected chi connectivity index (χ3v) is 7.68. The SMILES string of the molecule is CN(CC(=O)N1CCCC1)c1nc(CN2CCOCC2)nc2scc(-c3cccs3)c12. The minimum Gasteiger partial charge on any atom is -0.379 e. The lowest BCUT2D eigenvalue weighted by Crippen LogP contribution is -2.38. The van der Waals surface area contributed by atoms with Gasteiger partial charge >= 0.3 is 0 Å². The molecule has 2 saturated heterocycles. The molecule has 5 heterocycles. The number of carbonyl (C=O) groups excluding carboxylic acids is 1. The number of ether oxygens (including phenoxy) is 1. The van der Waals surface area contributed by atoms with Gasteiger partial charge < -0.3 is 14.5 Å². The summed E-state index contributed by atoms with van der Waals surface area (Å²) in [6.45, 7) is 6.06. The van der Waals surface area contributed by atoms with E-state index in [0.717, 1.165) is 79.7 Å². The molecule has 5 rings (SSSR count). The highest BCUT2D eigenvalue weighted by Crippen LogP contribution is 2.40. The molecule has 7 nitrogen and oxygen atoms in total. The molecule has 0 radical (unpaired) electrons. The van der Waals surface area contributed by atoms with Crippen LogP contribution >= 0.6 is 22.7 Å². The Morgan fingerprint density at radius 2 is 1.97 bits per heavy atom. The van der Waals surface area contributed by atoms with Gasteiger partial charge in [-0.3, -0.25) is 9.69 Å². The van der Waals surface area contributed by atoms with E-state index in [9.17, 15) is 4.79 Å². The molecule has 1 amide bonds. The Labute approximate surface area is 190 Å². The van der Waals surface area contributed by atoms with Crippen LogP contribution in [0.4, 0.5) is 5.82 Å². The van der Waals surface area contributed by atoms with Gasteiger partial charge in [0.05, 0.1) is 31.7 Å². The summed E-state index contributed by atoms with van der Waals surface area (Å²) in [7, 11) is 1.98. The van der Waals surface area contributed by atoms with Crippen molar-refractivity contribution in [2.24, 2.45) is 0 Å².